The van der Waals surface area contributed by atoms with Crippen molar-refractivity contribution >= 4 is 10.0 Å². The summed E-state index contributed by atoms with van der Waals surface area (Å²) < 4.78 is 26.9. The van der Waals surface area contributed by atoms with E-state index in [0.717, 1.165) is 16.8 Å². The maximum absolute atomic E-state index is 12.2. The number of pyridine rings is 3. The Morgan fingerprint density at radius 1 is 0.957 bits per heavy atom. The minimum atomic E-state index is -3.58. The molecule has 0 aliphatic heterocycles. The summed E-state index contributed by atoms with van der Waals surface area (Å²) in [6.45, 7) is 0.174. The van der Waals surface area contributed by atoms with E-state index in [1.54, 1.807) is 30.7 Å². The minimum Gasteiger partial charge on any atom is -0.264 e. The lowest BCUT2D eigenvalue weighted by atomic mass is 10.1. The fourth-order valence-electron chi connectivity index (χ4n) is 2.02. The summed E-state index contributed by atoms with van der Waals surface area (Å²) in [4.78, 5) is 12.3. The van der Waals surface area contributed by atoms with Gasteiger partial charge in [0.1, 0.15) is 4.90 Å². The number of aromatic nitrogens is 3. The Kier molecular flexibility index (Phi) is 4.40. The maximum atomic E-state index is 12.2. The van der Waals surface area contributed by atoms with Crippen LogP contribution >= 0.6 is 0 Å². The molecule has 0 saturated heterocycles. The monoisotopic (exact) mass is 326 g/mol. The van der Waals surface area contributed by atoms with Crippen LogP contribution in [-0.2, 0) is 16.6 Å². The Bertz CT molecular complexity index is 884. The van der Waals surface area contributed by atoms with Crippen LogP contribution in [0.1, 0.15) is 5.56 Å². The van der Waals surface area contributed by atoms with E-state index in [1.165, 1.54) is 18.5 Å². The van der Waals surface area contributed by atoms with Gasteiger partial charge in [0.2, 0.25) is 10.0 Å². The summed E-state index contributed by atoms with van der Waals surface area (Å²) in [5.74, 6) is 0. The van der Waals surface area contributed by atoms with Gasteiger partial charge in [-0.05, 0) is 42.0 Å². The van der Waals surface area contributed by atoms with Crippen molar-refractivity contribution in [3.8, 4) is 11.3 Å². The summed E-state index contributed by atoms with van der Waals surface area (Å²) >= 11 is 0. The topological polar surface area (TPSA) is 84.8 Å². The Balaban J connectivity index is 1.77. The lowest BCUT2D eigenvalue weighted by Gasteiger charge is -2.07. The third-order valence-electron chi connectivity index (χ3n) is 3.19. The molecule has 3 aromatic heterocycles. The van der Waals surface area contributed by atoms with Gasteiger partial charge in [0, 0.05) is 43.1 Å². The standard InChI is InChI=1S/C16H14N4O2S/c21-23(22,15-4-2-7-18-12-15)20-10-13-5-8-19-16(9-13)14-3-1-6-17-11-14/h1-9,11-12,20H,10H2. The average Bonchev–Trinajstić information content (AvgIpc) is 2.62. The molecule has 0 saturated carbocycles. The van der Waals surface area contributed by atoms with Gasteiger partial charge in [0.15, 0.2) is 0 Å². The van der Waals surface area contributed by atoms with Gasteiger partial charge in [0.25, 0.3) is 0 Å². The fraction of sp³-hybridized carbons (Fsp3) is 0.0625. The van der Waals surface area contributed by atoms with Crippen LogP contribution < -0.4 is 4.72 Å². The number of nitrogens with zero attached hydrogens (tertiary/aromatic N) is 3. The number of sulfonamides is 1. The largest absolute Gasteiger partial charge is 0.264 e. The zero-order chi connectivity index (χ0) is 16.1. The minimum absolute atomic E-state index is 0.140. The first-order valence-corrected chi connectivity index (χ1v) is 8.38. The second-order valence-electron chi connectivity index (χ2n) is 4.80. The third-order valence-corrected chi connectivity index (χ3v) is 4.58. The highest BCUT2D eigenvalue weighted by Gasteiger charge is 2.13. The van der Waals surface area contributed by atoms with Crippen LogP contribution in [0.2, 0.25) is 0 Å². The second kappa shape index (κ2) is 6.64. The van der Waals surface area contributed by atoms with Crippen LogP contribution in [0.5, 0.6) is 0 Å². The lowest BCUT2D eigenvalue weighted by Crippen LogP contribution is -2.23. The smallest absolute Gasteiger partial charge is 0.242 e. The summed E-state index contributed by atoms with van der Waals surface area (Å²) in [6, 6.07) is 10.4. The summed E-state index contributed by atoms with van der Waals surface area (Å²) in [6.07, 6.45) is 7.90. The maximum Gasteiger partial charge on any atom is 0.242 e. The van der Waals surface area contributed by atoms with E-state index < -0.39 is 10.0 Å². The second-order valence-corrected chi connectivity index (χ2v) is 6.57. The normalized spacial score (nSPS) is 11.3. The molecular formula is C16H14N4O2S. The van der Waals surface area contributed by atoms with E-state index in [0.29, 0.717) is 0 Å². The predicted molar refractivity (Wildman–Crippen MR) is 85.7 cm³/mol. The van der Waals surface area contributed by atoms with Gasteiger partial charge >= 0.3 is 0 Å². The zero-order valence-electron chi connectivity index (χ0n) is 12.1. The Hall–Kier alpha value is -2.64. The average molecular weight is 326 g/mol. The van der Waals surface area contributed by atoms with Gasteiger partial charge in [0.05, 0.1) is 5.69 Å². The molecule has 7 heteroatoms. The van der Waals surface area contributed by atoms with Crippen molar-refractivity contribution in [2.75, 3.05) is 0 Å². The Labute approximate surface area is 134 Å². The van der Waals surface area contributed by atoms with E-state index in [-0.39, 0.29) is 11.4 Å². The molecule has 0 bridgehead atoms. The molecule has 0 amide bonds. The molecule has 3 rings (SSSR count). The molecule has 0 atom stereocenters. The molecule has 0 aliphatic carbocycles. The predicted octanol–water partition coefficient (Wildman–Crippen LogP) is 2.02. The van der Waals surface area contributed by atoms with Crippen molar-refractivity contribution in [1.29, 1.82) is 0 Å². The van der Waals surface area contributed by atoms with E-state index in [4.69, 9.17) is 0 Å². The van der Waals surface area contributed by atoms with E-state index in [9.17, 15) is 8.42 Å². The van der Waals surface area contributed by atoms with Crippen LogP contribution in [0.3, 0.4) is 0 Å². The molecule has 0 spiro atoms. The lowest BCUT2D eigenvalue weighted by molar-refractivity contribution is 0.581. The highest BCUT2D eigenvalue weighted by molar-refractivity contribution is 7.89. The number of nitrogens with one attached hydrogen (secondary N) is 1. The van der Waals surface area contributed by atoms with Gasteiger partial charge in [-0.3, -0.25) is 15.0 Å². The van der Waals surface area contributed by atoms with Gasteiger partial charge in [-0.25, -0.2) is 13.1 Å². The quantitative estimate of drug-likeness (QED) is 0.775. The molecule has 0 fully saturated rings. The summed E-state index contributed by atoms with van der Waals surface area (Å²) in [5, 5.41) is 0. The number of rotatable bonds is 5. The van der Waals surface area contributed by atoms with Gasteiger partial charge in [-0.1, -0.05) is 0 Å². The van der Waals surface area contributed by atoms with Crippen LogP contribution in [0.4, 0.5) is 0 Å². The molecule has 0 aliphatic rings. The van der Waals surface area contributed by atoms with Crippen molar-refractivity contribution in [2.45, 2.75) is 11.4 Å². The van der Waals surface area contributed by atoms with Crippen LogP contribution in [0.25, 0.3) is 11.3 Å². The molecule has 0 aromatic carbocycles. The SMILES string of the molecule is O=S(=O)(NCc1ccnc(-c2cccnc2)c1)c1cccnc1. The van der Waals surface area contributed by atoms with Gasteiger partial charge in [-0.15, -0.1) is 0 Å². The van der Waals surface area contributed by atoms with E-state index >= 15 is 0 Å². The van der Waals surface area contributed by atoms with Crippen molar-refractivity contribution in [3.05, 3.63) is 72.9 Å². The molecule has 3 heterocycles. The molecule has 0 unspecified atom stereocenters. The molecule has 3 aromatic rings. The molecule has 0 radical (unpaired) electrons. The van der Waals surface area contributed by atoms with Gasteiger partial charge in [-0.2, -0.15) is 0 Å². The van der Waals surface area contributed by atoms with Crippen molar-refractivity contribution < 1.29 is 8.42 Å². The Morgan fingerprint density at radius 2 is 1.74 bits per heavy atom. The van der Waals surface area contributed by atoms with Crippen molar-refractivity contribution in [2.24, 2.45) is 0 Å². The Morgan fingerprint density at radius 3 is 2.43 bits per heavy atom. The van der Waals surface area contributed by atoms with Crippen molar-refractivity contribution in [1.82, 2.24) is 19.7 Å². The molecule has 1 N–H and O–H groups in total. The highest BCUT2D eigenvalue weighted by atomic mass is 32.2. The van der Waals surface area contributed by atoms with Crippen LogP contribution in [0, 0.1) is 0 Å². The van der Waals surface area contributed by atoms with Crippen molar-refractivity contribution in [3.63, 3.8) is 0 Å². The first kappa shape index (κ1) is 15.3. The molecule has 23 heavy (non-hydrogen) atoms. The third kappa shape index (κ3) is 3.77. The molecule has 6 nitrogen and oxygen atoms in total. The number of hydrogen-bond donors (Lipinski definition) is 1. The number of hydrogen-bond acceptors (Lipinski definition) is 5. The summed E-state index contributed by atoms with van der Waals surface area (Å²) in [7, 11) is -3.58. The van der Waals surface area contributed by atoms with Crippen LogP contribution in [-0.4, -0.2) is 23.4 Å². The zero-order valence-corrected chi connectivity index (χ0v) is 12.9. The summed E-state index contributed by atoms with van der Waals surface area (Å²) in [5.41, 5.74) is 2.44. The fourth-order valence-corrected chi connectivity index (χ4v) is 3.00. The van der Waals surface area contributed by atoms with Crippen LogP contribution in [0.15, 0.2) is 72.3 Å². The molecular weight excluding hydrogens is 312 g/mol. The van der Waals surface area contributed by atoms with Gasteiger partial charge < -0.3 is 0 Å². The first-order chi connectivity index (χ1) is 11.1. The van der Waals surface area contributed by atoms with E-state index in [1.807, 2.05) is 18.2 Å². The highest BCUT2D eigenvalue weighted by Crippen LogP contribution is 2.16. The first-order valence-electron chi connectivity index (χ1n) is 6.90. The molecule has 116 valence electrons. The van der Waals surface area contributed by atoms with E-state index in [2.05, 4.69) is 19.7 Å².